The summed E-state index contributed by atoms with van der Waals surface area (Å²) in [6, 6.07) is 0.107. The number of rotatable bonds is 17. The van der Waals surface area contributed by atoms with E-state index in [-0.39, 0.29) is 41.9 Å². The molecule has 0 aromatic heterocycles. The van der Waals surface area contributed by atoms with Gasteiger partial charge in [0.15, 0.2) is 12.4 Å². The summed E-state index contributed by atoms with van der Waals surface area (Å²) in [6.07, 6.45) is 0.486. The minimum Gasteiger partial charge on any atom is -0.481 e. The molecular formula is C28H49FN3O6PS2. The second-order valence-electron chi connectivity index (χ2n) is 12.1. The van der Waals surface area contributed by atoms with Crippen LogP contribution in [-0.4, -0.2) is 79.3 Å². The third kappa shape index (κ3) is 11.3. The first-order chi connectivity index (χ1) is 19.5. The zero-order valence-electron chi connectivity index (χ0n) is 26.6. The van der Waals surface area contributed by atoms with Crippen molar-refractivity contribution in [3.63, 3.8) is 0 Å². The van der Waals surface area contributed by atoms with Gasteiger partial charge in [-0.1, -0.05) is 28.2 Å². The maximum Gasteiger partial charge on any atom is 0.303 e. The van der Waals surface area contributed by atoms with E-state index in [2.05, 4.69) is 30.4 Å². The fourth-order valence-corrected chi connectivity index (χ4v) is 9.07. The predicted molar refractivity (Wildman–Crippen MR) is 167 cm³/mol. The topological polar surface area (TPSA) is 101 Å². The van der Waals surface area contributed by atoms with Crippen LogP contribution in [0.25, 0.3) is 0 Å². The molecule has 13 heteroatoms. The van der Waals surface area contributed by atoms with Crippen LogP contribution in [0.1, 0.15) is 89.3 Å². The maximum atomic E-state index is 16.0. The Hall–Kier alpha value is -0.880. The summed E-state index contributed by atoms with van der Waals surface area (Å²) < 4.78 is 45.1. The van der Waals surface area contributed by atoms with Crippen LogP contribution in [0.15, 0.2) is 24.7 Å². The largest absolute Gasteiger partial charge is 0.481 e. The lowest BCUT2D eigenvalue weighted by Crippen LogP contribution is -2.45. The fraction of sp³-hybridized carbons (Fsp3) is 0.786. The zero-order chi connectivity index (χ0) is 31.8. The van der Waals surface area contributed by atoms with Crippen molar-refractivity contribution in [3.8, 4) is 0 Å². The lowest BCUT2D eigenvalue weighted by atomic mass is 10.0. The van der Waals surface area contributed by atoms with E-state index in [1.165, 1.54) is 17.2 Å². The predicted octanol–water partition coefficient (Wildman–Crippen LogP) is 6.82. The Balaban J connectivity index is 2.10. The monoisotopic (exact) mass is 638 g/mol. The lowest BCUT2D eigenvalue weighted by Gasteiger charge is -2.41. The van der Waals surface area contributed by atoms with Crippen LogP contribution in [0.4, 0.5) is 4.39 Å². The molecule has 0 saturated carbocycles. The zero-order valence-corrected chi connectivity index (χ0v) is 28.1. The van der Waals surface area contributed by atoms with Gasteiger partial charge < -0.3 is 29.1 Å². The van der Waals surface area contributed by atoms with E-state index < -0.39 is 44.7 Å². The van der Waals surface area contributed by atoms with E-state index in [1.807, 2.05) is 41.5 Å². The molecule has 1 amide bonds. The number of carboxylic acids is 1. The molecule has 1 saturated heterocycles. The van der Waals surface area contributed by atoms with Gasteiger partial charge in [0.05, 0.1) is 11.7 Å². The number of halogens is 1. The van der Waals surface area contributed by atoms with Gasteiger partial charge in [-0.3, -0.25) is 9.59 Å². The van der Waals surface area contributed by atoms with Crippen molar-refractivity contribution in [2.75, 3.05) is 5.75 Å². The van der Waals surface area contributed by atoms with Gasteiger partial charge in [-0.05, 0) is 81.6 Å². The summed E-state index contributed by atoms with van der Waals surface area (Å²) in [7, 11) is 1.70. The Morgan fingerprint density at radius 2 is 1.98 bits per heavy atom. The third-order valence-corrected chi connectivity index (χ3v) is 12.3. The Morgan fingerprint density at radius 3 is 2.54 bits per heavy atom. The molecule has 0 bridgehead atoms. The summed E-state index contributed by atoms with van der Waals surface area (Å²) in [5.41, 5.74) is -0.576. The quantitative estimate of drug-likeness (QED) is 0.100. The number of nitrogens with zero attached hydrogens (tertiary/aromatic N) is 2. The van der Waals surface area contributed by atoms with Gasteiger partial charge >= 0.3 is 5.97 Å². The number of amides is 1. The molecule has 2 aliphatic heterocycles. The summed E-state index contributed by atoms with van der Waals surface area (Å²) in [4.78, 5) is 24.0. The molecule has 2 aliphatic rings. The normalized spacial score (nSPS) is 24.9. The first-order valence-electron chi connectivity index (χ1n) is 14.7. The molecule has 0 spiro atoms. The first kappa shape index (κ1) is 34.6. The molecule has 2 N–H and O–H groups in total. The Bertz CT molecular complexity index is 953. The van der Waals surface area contributed by atoms with Crippen LogP contribution in [0.3, 0.4) is 0 Å². The lowest BCUT2D eigenvalue weighted by molar-refractivity contribution is -0.137. The van der Waals surface area contributed by atoms with E-state index in [0.29, 0.717) is 6.42 Å². The highest BCUT2D eigenvalue weighted by Gasteiger charge is 2.50. The van der Waals surface area contributed by atoms with E-state index in [1.54, 1.807) is 21.6 Å². The van der Waals surface area contributed by atoms with E-state index in [0.717, 1.165) is 18.6 Å². The fourth-order valence-electron chi connectivity index (χ4n) is 4.43. The van der Waals surface area contributed by atoms with Crippen molar-refractivity contribution < 1.29 is 34.2 Å². The highest BCUT2D eigenvalue weighted by Crippen LogP contribution is 2.53. The summed E-state index contributed by atoms with van der Waals surface area (Å²) in [6.45, 7) is 19.9. The van der Waals surface area contributed by atoms with E-state index >= 15 is 4.39 Å². The van der Waals surface area contributed by atoms with Gasteiger partial charge in [0.2, 0.25) is 0 Å². The molecule has 41 heavy (non-hydrogen) atoms. The number of hydrogen-bond donors (Lipinski definition) is 2. The van der Waals surface area contributed by atoms with Crippen molar-refractivity contribution in [1.29, 1.82) is 0 Å². The number of hydrogen-bond acceptors (Lipinski definition) is 9. The second kappa shape index (κ2) is 15.7. The number of aliphatic carboxylic acids is 1. The minimum absolute atomic E-state index is 0.0533. The summed E-state index contributed by atoms with van der Waals surface area (Å²) >= 11 is 0. The molecule has 5 unspecified atom stereocenters. The summed E-state index contributed by atoms with van der Waals surface area (Å²) in [5.74, 6) is -0.0537. The van der Waals surface area contributed by atoms with Crippen LogP contribution < -0.4 is 5.32 Å². The highest BCUT2D eigenvalue weighted by molar-refractivity contribution is 8.77. The van der Waals surface area contributed by atoms with Gasteiger partial charge in [-0.15, -0.1) is 0 Å². The molecule has 2 heterocycles. The van der Waals surface area contributed by atoms with Crippen molar-refractivity contribution in [3.05, 3.63) is 24.7 Å². The molecule has 0 aromatic rings. The van der Waals surface area contributed by atoms with Crippen molar-refractivity contribution in [2.45, 2.75) is 135 Å². The van der Waals surface area contributed by atoms with Gasteiger partial charge in [0.1, 0.15) is 11.9 Å². The smallest absolute Gasteiger partial charge is 0.303 e. The Kier molecular flexibility index (Phi) is 13.3. The molecular weight excluding hydrogens is 588 g/mol. The Labute approximate surface area is 256 Å². The standard InChI is InChI=1S/C28H49FN3O6PS2/c1-18(2)32(19(3)4)39(38-27(7,8)14-11-17-40-41-28(9,10)15-12-23(34)35)37-25-20(5)36-26(24(25)29)31-16-13-22(33)30-21(31)6/h13,16,18-20,24-26H,6,11-12,14-15,17H2,1-5,7-10H3,(H,30,33)(H,34,35)/i5D. The average Bonchev–Trinajstić information content (AvgIpc) is 3.16. The minimum atomic E-state index is -1.74. The average molecular weight is 639 g/mol. The van der Waals surface area contributed by atoms with Crippen molar-refractivity contribution in [2.24, 2.45) is 0 Å². The van der Waals surface area contributed by atoms with Crippen LogP contribution >= 0.6 is 30.1 Å². The van der Waals surface area contributed by atoms with Crippen LogP contribution in [0.5, 0.6) is 0 Å². The SMILES string of the molecule is [2H]CC1OC(N2C=CC(=O)NC2=C)C(F)C1OP(OC(C)(C)CCCSSC(C)(C)CCC(=O)O)N(C(C)C)C(C)C. The molecule has 0 aromatic carbocycles. The molecule has 5 atom stereocenters. The van der Waals surface area contributed by atoms with Crippen molar-refractivity contribution in [1.82, 2.24) is 14.9 Å². The van der Waals surface area contributed by atoms with Crippen LogP contribution in [0.2, 0.25) is 0 Å². The molecule has 0 aliphatic carbocycles. The molecule has 1 fully saturated rings. The number of carbonyl (C=O) groups is 2. The number of carboxylic acid groups (broad SMARTS) is 1. The summed E-state index contributed by atoms with van der Waals surface area (Å²) in [5, 5.41) is 11.5. The second-order valence-corrected chi connectivity index (χ2v) is 16.5. The van der Waals surface area contributed by atoms with Gasteiger partial charge in [0, 0.05) is 42.7 Å². The highest BCUT2D eigenvalue weighted by atomic mass is 33.1. The Morgan fingerprint density at radius 1 is 1.32 bits per heavy atom. The molecule has 0 radical (unpaired) electrons. The third-order valence-electron chi connectivity index (χ3n) is 6.52. The number of carbonyl (C=O) groups excluding carboxylic acids is 1. The molecule has 236 valence electrons. The van der Waals surface area contributed by atoms with Crippen molar-refractivity contribution >= 4 is 42.0 Å². The van der Waals surface area contributed by atoms with E-state index in [4.69, 9.17) is 20.3 Å². The number of alkyl halides is 1. The van der Waals surface area contributed by atoms with Gasteiger partial charge in [-0.25, -0.2) is 9.06 Å². The molecule has 2 rings (SSSR count). The van der Waals surface area contributed by atoms with E-state index in [9.17, 15) is 9.59 Å². The maximum absolute atomic E-state index is 16.0. The number of nitrogens with one attached hydrogen (secondary N) is 1. The van der Waals surface area contributed by atoms with Crippen LogP contribution in [0, 0.1) is 0 Å². The van der Waals surface area contributed by atoms with Crippen LogP contribution in [-0.2, 0) is 23.4 Å². The molecule has 9 nitrogen and oxygen atoms in total. The number of ether oxygens (including phenoxy) is 1. The first-order valence-corrected chi connectivity index (χ1v) is 17.4. The van der Waals surface area contributed by atoms with Gasteiger partial charge in [-0.2, -0.15) is 0 Å². The van der Waals surface area contributed by atoms with Gasteiger partial charge in [0.25, 0.3) is 14.4 Å².